The average Bonchev–Trinajstić information content (AvgIpc) is 2.30. The van der Waals surface area contributed by atoms with Gasteiger partial charge in [0, 0.05) is 5.56 Å². The summed E-state index contributed by atoms with van der Waals surface area (Å²) in [6, 6.07) is 15.4. The van der Waals surface area contributed by atoms with E-state index in [1.807, 2.05) is 18.2 Å². The first kappa shape index (κ1) is 13.8. The van der Waals surface area contributed by atoms with Gasteiger partial charge in [-0.1, -0.05) is 30.3 Å². The summed E-state index contributed by atoms with van der Waals surface area (Å²) < 4.78 is 5.48. The Morgan fingerprint density at radius 2 is 1.59 bits per heavy atom. The first-order valence-electron chi connectivity index (χ1n) is 4.80. The van der Waals surface area contributed by atoms with E-state index >= 15 is 0 Å². The molecule has 0 radical (unpaired) electrons. The van der Waals surface area contributed by atoms with E-state index in [2.05, 4.69) is 0 Å². The number of benzene rings is 2. The Morgan fingerprint density at radius 3 is 2.24 bits per heavy atom. The maximum Gasteiger partial charge on any atom is 1.00 e. The molecule has 80 valence electrons. The van der Waals surface area contributed by atoms with Gasteiger partial charge in [0.05, 0.1) is 5.97 Å². The number of hydrogen-bond donors (Lipinski definition) is 0. The smallest absolute Gasteiger partial charge is 0.545 e. The summed E-state index contributed by atoms with van der Waals surface area (Å²) in [7, 11) is 0. The zero-order valence-corrected chi connectivity index (χ0v) is 11.4. The third kappa shape index (κ3) is 3.89. The van der Waals surface area contributed by atoms with Gasteiger partial charge in [-0.05, 0) is 24.3 Å². The van der Waals surface area contributed by atoms with Gasteiger partial charge in [0.15, 0.2) is 0 Å². The van der Waals surface area contributed by atoms with Crippen LogP contribution in [-0.4, -0.2) is 5.97 Å². The third-order valence-electron chi connectivity index (χ3n) is 2.05. The molecular formula is C13H9NaO3. The van der Waals surface area contributed by atoms with E-state index in [-0.39, 0.29) is 35.1 Å². The van der Waals surface area contributed by atoms with Crippen LogP contribution in [-0.2, 0) is 0 Å². The maximum atomic E-state index is 10.6. The fraction of sp³-hybridized carbons (Fsp3) is 0. The molecule has 0 saturated heterocycles. The fourth-order valence-electron chi connectivity index (χ4n) is 1.31. The molecule has 0 N–H and O–H groups in total. The van der Waals surface area contributed by atoms with Crippen LogP contribution in [0.1, 0.15) is 10.4 Å². The fourth-order valence-corrected chi connectivity index (χ4v) is 1.31. The molecule has 4 heteroatoms. The molecule has 0 atom stereocenters. The van der Waals surface area contributed by atoms with Crippen LogP contribution in [0.4, 0.5) is 0 Å². The monoisotopic (exact) mass is 236 g/mol. The van der Waals surface area contributed by atoms with Crippen molar-refractivity contribution in [1.82, 2.24) is 0 Å². The molecule has 0 spiro atoms. The number of hydrogen-bond acceptors (Lipinski definition) is 3. The van der Waals surface area contributed by atoms with Crippen LogP contribution >= 0.6 is 0 Å². The Labute approximate surface area is 121 Å². The second kappa shape index (κ2) is 6.45. The number of carbonyl (C=O) groups excluding carboxylic acids is 1. The van der Waals surface area contributed by atoms with Gasteiger partial charge in [-0.25, -0.2) is 0 Å². The second-order valence-corrected chi connectivity index (χ2v) is 3.23. The second-order valence-electron chi connectivity index (χ2n) is 3.23. The van der Waals surface area contributed by atoms with Gasteiger partial charge in [-0.2, -0.15) is 0 Å². The van der Waals surface area contributed by atoms with E-state index in [1.165, 1.54) is 12.1 Å². The predicted octanol–water partition coefficient (Wildman–Crippen LogP) is -1.15. The third-order valence-corrected chi connectivity index (χ3v) is 2.05. The average molecular weight is 236 g/mol. The van der Waals surface area contributed by atoms with Gasteiger partial charge in [0.2, 0.25) is 0 Å². The van der Waals surface area contributed by atoms with Gasteiger partial charge in [0.1, 0.15) is 11.5 Å². The van der Waals surface area contributed by atoms with E-state index in [0.717, 1.165) is 0 Å². The molecule has 0 unspecified atom stereocenters. The molecule has 0 aliphatic carbocycles. The van der Waals surface area contributed by atoms with Crippen molar-refractivity contribution in [2.45, 2.75) is 0 Å². The Hall–Kier alpha value is -1.29. The molecule has 17 heavy (non-hydrogen) atoms. The number of carboxylic acids is 1. The number of ether oxygens (including phenoxy) is 1. The molecule has 0 heterocycles. The zero-order valence-electron chi connectivity index (χ0n) is 9.42. The van der Waals surface area contributed by atoms with Crippen LogP contribution in [0.15, 0.2) is 54.6 Å². The van der Waals surface area contributed by atoms with Crippen LogP contribution in [0.25, 0.3) is 0 Å². The van der Waals surface area contributed by atoms with Crippen molar-refractivity contribution in [3.05, 3.63) is 60.2 Å². The van der Waals surface area contributed by atoms with Gasteiger partial charge in [-0.3, -0.25) is 0 Å². The van der Waals surface area contributed by atoms with Gasteiger partial charge in [-0.15, -0.1) is 0 Å². The van der Waals surface area contributed by atoms with Crippen LogP contribution in [0.3, 0.4) is 0 Å². The molecule has 0 amide bonds. The van der Waals surface area contributed by atoms with Gasteiger partial charge in [0.25, 0.3) is 0 Å². The number of rotatable bonds is 3. The minimum absolute atomic E-state index is 0. The molecule has 0 aliphatic rings. The normalized spacial score (nSPS) is 9.18. The Bertz CT molecular complexity index is 497. The summed E-state index contributed by atoms with van der Waals surface area (Å²) in [6.45, 7) is 0. The molecule has 0 fully saturated rings. The predicted molar refractivity (Wildman–Crippen MR) is 57.3 cm³/mol. The molecule has 2 rings (SSSR count). The van der Waals surface area contributed by atoms with Crippen molar-refractivity contribution in [3.8, 4) is 11.5 Å². The van der Waals surface area contributed by atoms with E-state index < -0.39 is 5.97 Å². The molecule has 0 aromatic heterocycles. The SMILES string of the molecule is O=C([O-])c1cccc(Oc2ccccc2)c1.[Na+]. The van der Waals surface area contributed by atoms with Gasteiger partial charge < -0.3 is 14.6 Å². The number of carboxylic acid groups (broad SMARTS) is 1. The molecule has 0 saturated carbocycles. The van der Waals surface area contributed by atoms with E-state index in [0.29, 0.717) is 11.5 Å². The Kier molecular flexibility index (Phi) is 5.22. The van der Waals surface area contributed by atoms with Crippen LogP contribution in [0.5, 0.6) is 11.5 Å². The molecule has 3 nitrogen and oxygen atoms in total. The van der Waals surface area contributed by atoms with Crippen molar-refractivity contribution in [2.75, 3.05) is 0 Å². The molecule has 2 aromatic rings. The van der Waals surface area contributed by atoms with Crippen molar-refractivity contribution in [2.24, 2.45) is 0 Å². The topological polar surface area (TPSA) is 49.4 Å². The van der Waals surface area contributed by atoms with Crippen molar-refractivity contribution < 1.29 is 44.2 Å². The van der Waals surface area contributed by atoms with E-state index in [4.69, 9.17) is 4.74 Å². The number of para-hydroxylation sites is 1. The summed E-state index contributed by atoms with van der Waals surface area (Å²) in [5.41, 5.74) is 0.105. The zero-order chi connectivity index (χ0) is 11.4. The van der Waals surface area contributed by atoms with Crippen molar-refractivity contribution in [3.63, 3.8) is 0 Å². The van der Waals surface area contributed by atoms with E-state index in [9.17, 15) is 9.90 Å². The van der Waals surface area contributed by atoms with Gasteiger partial charge >= 0.3 is 29.6 Å². The number of aromatic carboxylic acids is 1. The standard InChI is InChI=1S/C13H10O3.Na/c14-13(15)10-5-4-8-12(9-10)16-11-6-2-1-3-7-11;/h1-9H,(H,14,15);/q;+1/p-1. The first-order chi connectivity index (χ1) is 7.75. The summed E-state index contributed by atoms with van der Waals surface area (Å²) >= 11 is 0. The summed E-state index contributed by atoms with van der Waals surface area (Å²) in [5, 5.41) is 10.6. The van der Waals surface area contributed by atoms with Crippen LogP contribution in [0, 0.1) is 0 Å². The molecular weight excluding hydrogens is 227 g/mol. The first-order valence-corrected chi connectivity index (χ1v) is 4.80. The minimum Gasteiger partial charge on any atom is -0.545 e. The van der Waals surface area contributed by atoms with Crippen LogP contribution in [0.2, 0.25) is 0 Å². The quantitative estimate of drug-likeness (QED) is 0.632. The van der Waals surface area contributed by atoms with E-state index in [1.54, 1.807) is 24.3 Å². The molecule has 0 bridgehead atoms. The largest absolute Gasteiger partial charge is 1.00 e. The minimum atomic E-state index is -1.21. The Morgan fingerprint density at radius 1 is 0.941 bits per heavy atom. The molecule has 0 aliphatic heterocycles. The summed E-state index contributed by atoms with van der Waals surface area (Å²) in [4.78, 5) is 10.6. The number of carbonyl (C=O) groups is 1. The van der Waals surface area contributed by atoms with Crippen molar-refractivity contribution in [1.29, 1.82) is 0 Å². The summed E-state index contributed by atoms with van der Waals surface area (Å²) in [6.07, 6.45) is 0. The Balaban J connectivity index is 0.00000144. The van der Waals surface area contributed by atoms with Crippen molar-refractivity contribution >= 4 is 5.97 Å². The summed E-state index contributed by atoms with van der Waals surface area (Å²) in [5.74, 6) is -0.0654. The maximum absolute atomic E-state index is 10.6. The van der Waals surface area contributed by atoms with Crippen LogP contribution < -0.4 is 39.4 Å². The molecule has 2 aromatic carbocycles.